The van der Waals surface area contributed by atoms with E-state index in [0.29, 0.717) is 0 Å². The summed E-state index contributed by atoms with van der Waals surface area (Å²) in [6.07, 6.45) is 0. The van der Waals surface area contributed by atoms with Gasteiger partial charge in [-0.2, -0.15) is 0 Å². The van der Waals surface area contributed by atoms with Gasteiger partial charge in [0.25, 0.3) is 0 Å². The molecule has 2 aromatic rings. The number of aliphatic hydroxyl groups excluding tert-OH is 1. The number of aliphatic hydroxyl groups is 1. The van der Waals surface area contributed by atoms with Crippen molar-refractivity contribution in [2.45, 2.75) is 13.0 Å². The Kier molecular flexibility index (Phi) is 2.66. The van der Waals surface area contributed by atoms with Gasteiger partial charge in [-0.3, -0.25) is 4.98 Å². The van der Waals surface area contributed by atoms with Crippen molar-refractivity contribution in [3.05, 3.63) is 41.6 Å². The van der Waals surface area contributed by atoms with Crippen LogP contribution in [0.2, 0.25) is 0 Å². The van der Waals surface area contributed by atoms with Crippen molar-refractivity contribution in [3.8, 4) is 0 Å². The number of nitrogens with zero attached hydrogens (tertiary/aromatic N) is 1. The van der Waals surface area contributed by atoms with E-state index >= 15 is 0 Å². The van der Waals surface area contributed by atoms with Gasteiger partial charge in [0.2, 0.25) is 0 Å². The van der Waals surface area contributed by atoms with Crippen molar-refractivity contribution in [2.24, 2.45) is 5.73 Å². The van der Waals surface area contributed by atoms with E-state index in [1.165, 1.54) is 0 Å². The minimum atomic E-state index is -0.345. The number of pyridine rings is 1. The summed E-state index contributed by atoms with van der Waals surface area (Å²) in [6.45, 7) is 1.86. The lowest BCUT2D eigenvalue weighted by atomic mass is 10.0. The van der Waals surface area contributed by atoms with E-state index in [0.717, 1.165) is 22.2 Å². The smallest absolute Gasteiger partial charge is 0.0705 e. The van der Waals surface area contributed by atoms with Crippen LogP contribution in [-0.2, 0) is 0 Å². The molecule has 3 heteroatoms. The molecule has 1 heterocycles. The summed E-state index contributed by atoms with van der Waals surface area (Å²) in [5, 5.41) is 10.1. The average Bonchev–Trinajstić information content (AvgIpc) is 2.27. The maximum atomic E-state index is 9.03. The van der Waals surface area contributed by atoms with Gasteiger partial charge in [0.1, 0.15) is 0 Å². The lowest BCUT2D eigenvalue weighted by molar-refractivity contribution is 0.267. The van der Waals surface area contributed by atoms with Crippen molar-refractivity contribution in [2.75, 3.05) is 6.61 Å². The molecule has 1 atom stereocenters. The van der Waals surface area contributed by atoms with Crippen LogP contribution in [0, 0.1) is 6.92 Å². The summed E-state index contributed by atoms with van der Waals surface area (Å²) in [6, 6.07) is 9.54. The Balaban J connectivity index is 2.61. The molecule has 0 fully saturated rings. The summed E-state index contributed by atoms with van der Waals surface area (Å²) < 4.78 is 0. The Labute approximate surface area is 88.6 Å². The molecule has 0 spiro atoms. The molecule has 3 nitrogen and oxygen atoms in total. The fourth-order valence-electron chi connectivity index (χ4n) is 1.70. The predicted molar refractivity (Wildman–Crippen MR) is 60.5 cm³/mol. The molecule has 0 saturated heterocycles. The van der Waals surface area contributed by atoms with E-state index < -0.39 is 0 Å². The zero-order chi connectivity index (χ0) is 10.8. The van der Waals surface area contributed by atoms with Crippen LogP contribution in [0.4, 0.5) is 0 Å². The van der Waals surface area contributed by atoms with E-state index in [1.807, 2.05) is 37.3 Å². The fourth-order valence-corrected chi connectivity index (χ4v) is 1.70. The van der Waals surface area contributed by atoms with Crippen LogP contribution >= 0.6 is 0 Å². The molecule has 0 aliphatic heterocycles. The quantitative estimate of drug-likeness (QED) is 0.776. The second-order valence-corrected chi connectivity index (χ2v) is 3.64. The second kappa shape index (κ2) is 3.96. The molecular weight excluding hydrogens is 188 g/mol. The van der Waals surface area contributed by atoms with Crippen LogP contribution in [0.5, 0.6) is 0 Å². The molecule has 0 saturated carbocycles. The summed E-state index contributed by atoms with van der Waals surface area (Å²) >= 11 is 0. The normalized spacial score (nSPS) is 13.0. The summed E-state index contributed by atoms with van der Waals surface area (Å²) in [5.74, 6) is 0. The highest BCUT2D eigenvalue weighted by Gasteiger charge is 2.09. The molecule has 0 bridgehead atoms. The molecular formula is C12H14N2O. The van der Waals surface area contributed by atoms with Crippen LogP contribution in [0.1, 0.15) is 17.3 Å². The van der Waals surface area contributed by atoms with Crippen molar-refractivity contribution in [3.63, 3.8) is 0 Å². The highest BCUT2D eigenvalue weighted by atomic mass is 16.3. The standard InChI is InChI=1S/C12H14N2O/c1-8-10(11(13)7-15)6-9-4-2-3-5-12(9)14-8/h2-6,11,15H,7,13H2,1H3. The maximum absolute atomic E-state index is 9.03. The Morgan fingerprint density at radius 3 is 2.87 bits per heavy atom. The maximum Gasteiger partial charge on any atom is 0.0705 e. The van der Waals surface area contributed by atoms with Gasteiger partial charge in [-0.25, -0.2) is 0 Å². The zero-order valence-corrected chi connectivity index (χ0v) is 8.64. The van der Waals surface area contributed by atoms with Crippen molar-refractivity contribution in [1.29, 1.82) is 0 Å². The molecule has 15 heavy (non-hydrogen) atoms. The number of para-hydroxylation sites is 1. The molecule has 3 N–H and O–H groups in total. The SMILES string of the molecule is Cc1nc2ccccc2cc1C(N)CO. The molecule has 78 valence electrons. The van der Waals surface area contributed by atoms with Gasteiger partial charge in [-0.15, -0.1) is 0 Å². The first kappa shape index (κ1) is 10.1. The van der Waals surface area contributed by atoms with E-state index in [2.05, 4.69) is 4.98 Å². The molecule has 0 aliphatic rings. The Hall–Kier alpha value is -1.45. The molecule has 1 aromatic heterocycles. The monoisotopic (exact) mass is 202 g/mol. The van der Waals surface area contributed by atoms with Crippen LogP contribution < -0.4 is 5.73 Å². The van der Waals surface area contributed by atoms with E-state index in [4.69, 9.17) is 10.8 Å². The molecule has 1 unspecified atom stereocenters. The minimum Gasteiger partial charge on any atom is -0.394 e. The first-order valence-electron chi connectivity index (χ1n) is 4.95. The van der Waals surface area contributed by atoms with Crippen LogP contribution in [0.3, 0.4) is 0 Å². The van der Waals surface area contributed by atoms with E-state index in [1.54, 1.807) is 0 Å². The Bertz CT molecular complexity index is 482. The van der Waals surface area contributed by atoms with Gasteiger partial charge in [-0.05, 0) is 24.6 Å². The molecule has 0 aliphatic carbocycles. The zero-order valence-electron chi connectivity index (χ0n) is 8.64. The van der Waals surface area contributed by atoms with Crippen molar-refractivity contribution >= 4 is 10.9 Å². The van der Waals surface area contributed by atoms with Gasteiger partial charge in [0, 0.05) is 11.1 Å². The predicted octanol–water partition coefficient (Wildman–Crippen LogP) is 1.54. The van der Waals surface area contributed by atoms with E-state index in [9.17, 15) is 0 Å². The van der Waals surface area contributed by atoms with Gasteiger partial charge < -0.3 is 10.8 Å². The van der Waals surface area contributed by atoms with Crippen molar-refractivity contribution < 1.29 is 5.11 Å². The van der Waals surface area contributed by atoms with Gasteiger partial charge in [0.15, 0.2) is 0 Å². The number of nitrogens with two attached hydrogens (primary N) is 1. The fraction of sp³-hybridized carbons (Fsp3) is 0.250. The summed E-state index contributed by atoms with van der Waals surface area (Å²) in [5.41, 5.74) is 8.56. The highest BCUT2D eigenvalue weighted by molar-refractivity contribution is 5.79. The van der Waals surface area contributed by atoms with Gasteiger partial charge >= 0.3 is 0 Å². The largest absolute Gasteiger partial charge is 0.394 e. The summed E-state index contributed by atoms with van der Waals surface area (Å²) in [4.78, 5) is 4.45. The Morgan fingerprint density at radius 1 is 1.40 bits per heavy atom. The van der Waals surface area contributed by atoms with Crippen LogP contribution in [0.25, 0.3) is 10.9 Å². The molecule has 1 aromatic carbocycles. The van der Waals surface area contributed by atoms with Gasteiger partial charge in [0.05, 0.1) is 18.2 Å². The van der Waals surface area contributed by atoms with Gasteiger partial charge in [-0.1, -0.05) is 18.2 Å². The first-order chi connectivity index (χ1) is 7.22. The molecule has 0 amide bonds. The van der Waals surface area contributed by atoms with Crippen molar-refractivity contribution in [1.82, 2.24) is 4.98 Å². The number of benzene rings is 1. The minimum absolute atomic E-state index is 0.0547. The van der Waals surface area contributed by atoms with Crippen LogP contribution in [-0.4, -0.2) is 16.7 Å². The number of hydrogen-bond acceptors (Lipinski definition) is 3. The number of aromatic nitrogens is 1. The highest BCUT2D eigenvalue weighted by Crippen LogP contribution is 2.20. The third-order valence-corrected chi connectivity index (χ3v) is 2.55. The number of fused-ring (bicyclic) bond motifs is 1. The lowest BCUT2D eigenvalue weighted by Crippen LogP contribution is -2.16. The van der Waals surface area contributed by atoms with Crippen LogP contribution in [0.15, 0.2) is 30.3 Å². The third-order valence-electron chi connectivity index (χ3n) is 2.55. The molecule has 0 radical (unpaired) electrons. The lowest BCUT2D eigenvalue weighted by Gasteiger charge is -2.12. The summed E-state index contributed by atoms with van der Waals surface area (Å²) in [7, 11) is 0. The molecule has 2 rings (SSSR count). The third kappa shape index (κ3) is 1.84. The number of rotatable bonds is 2. The first-order valence-corrected chi connectivity index (χ1v) is 4.95. The average molecular weight is 202 g/mol. The topological polar surface area (TPSA) is 59.1 Å². The second-order valence-electron chi connectivity index (χ2n) is 3.64. The number of aryl methyl sites for hydroxylation is 1. The van der Waals surface area contributed by atoms with E-state index in [-0.39, 0.29) is 12.6 Å². The number of hydrogen-bond donors (Lipinski definition) is 2. The Morgan fingerprint density at radius 2 is 2.13 bits per heavy atom.